The van der Waals surface area contributed by atoms with Crippen LogP contribution in [0.1, 0.15) is 30.8 Å². The lowest BCUT2D eigenvalue weighted by Gasteiger charge is -2.14. The number of hydrogen-bond acceptors (Lipinski definition) is 4. The van der Waals surface area contributed by atoms with E-state index in [4.69, 9.17) is 4.74 Å². The quantitative estimate of drug-likeness (QED) is 0.724. The number of nitrogens with zero attached hydrogens (tertiary/aromatic N) is 4. The van der Waals surface area contributed by atoms with Crippen molar-refractivity contribution in [1.82, 2.24) is 19.6 Å². The van der Waals surface area contributed by atoms with Crippen molar-refractivity contribution in [2.75, 3.05) is 5.32 Å². The largest absolute Gasteiger partial charge is 0.463 e. The molecule has 1 aromatic carbocycles. The second-order valence-electron chi connectivity index (χ2n) is 6.51. The summed E-state index contributed by atoms with van der Waals surface area (Å²) in [5, 5.41) is 11.8. The third kappa shape index (κ3) is 3.86. The summed E-state index contributed by atoms with van der Waals surface area (Å²) >= 11 is 0. The third-order valence-corrected chi connectivity index (χ3v) is 4.46. The lowest BCUT2D eigenvalue weighted by atomic mass is 10.3. The van der Waals surface area contributed by atoms with E-state index in [0.29, 0.717) is 5.88 Å². The molecule has 0 unspecified atom stereocenters. The molecule has 0 aliphatic heterocycles. The fourth-order valence-corrected chi connectivity index (χ4v) is 2.91. The molecule has 0 spiro atoms. The lowest BCUT2D eigenvalue weighted by Crippen LogP contribution is -2.30. The van der Waals surface area contributed by atoms with Gasteiger partial charge in [-0.3, -0.25) is 9.48 Å². The minimum atomic E-state index is -0.688. The first-order chi connectivity index (χ1) is 12.9. The van der Waals surface area contributed by atoms with Crippen LogP contribution in [0.5, 0.6) is 5.88 Å². The molecule has 0 aliphatic rings. The molecule has 7 nitrogen and oxygen atoms in total. The highest BCUT2D eigenvalue weighted by molar-refractivity contribution is 5.95. The molecule has 142 valence electrons. The highest BCUT2D eigenvalue weighted by Gasteiger charge is 2.21. The zero-order valence-electron chi connectivity index (χ0n) is 16.4. The van der Waals surface area contributed by atoms with E-state index in [9.17, 15) is 4.79 Å². The van der Waals surface area contributed by atoms with Crippen LogP contribution in [0.15, 0.2) is 36.5 Å². The summed E-state index contributed by atoms with van der Waals surface area (Å²) in [6.07, 6.45) is 1.20. The number of nitrogens with one attached hydrogen (secondary N) is 1. The van der Waals surface area contributed by atoms with Gasteiger partial charge in [0, 0.05) is 18.3 Å². The van der Waals surface area contributed by atoms with Crippen LogP contribution in [0, 0.1) is 20.8 Å². The van der Waals surface area contributed by atoms with Crippen molar-refractivity contribution in [3.8, 4) is 11.6 Å². The summed E-state index contributed by atoms with van der Waals surface area (Å²) in [7, 11) is 0. The van der Waals surface area contributed by atoms with Crippen LogP contribution in [0.4, 0.5) is 5.69 Å². The zero-order chi connectivity index (χ0) is 19.6. The van der Waals surface area contributed by atoms with Crippen LogP contribution < -0.4 is 10.1 Å². The van der Waals surface area contributed by atoms with E-state index in [0.717, 1.165) is 34.9 Å². The average molecular weight is 367 g/mol. The molecular weight excluding hydrogens is 342 g/mol. The summed E-state index contributed by atoms with van der Waals surface area (Å²) in [6.45, 7) is 10.2. The Bertz CT molecular complexity index is 943. The van der Waals surface area contributed by atoms with E-state index in [2.05, 4.69) is 15.5 Å². The van der Waals surface area contributed by atoms with Crippen LogP contribution in [-0.2, 0) is 11.3 Å². The maximum Gasteiger partial charge on any atom is 0.265 e. The number of aromatic nitrogens is 4. The number of carbonyl (C=O) groups excluding carboxylic acids is 1. The van der Waals surface area contributed by atoms with E-state index < -0.39 is 6.10 Å². The van der Waals surface area contributed by atoms with Gasteiger partial charge in [-0.2, -0.15) is 5.10 Å². The normalized spacial score (nSPS) is 12.0. The summed E-state index contributed by atoms with van der Waals surface area (Å²) in [5.41, 5.74) is 4.26. The molecule has 1 atom stereocenters. The van der Waals surface area contributed by atoms with Crippen molar-refractivity contribution in [1.29, 1.82) is 0 Å². The molecule has 0 saturated heterocycles. The van der Waals surface area contributed by atoms with Gasteiger partial charge in [0.25, 0.3) is 5.91 Å². The highest BCUT2D eigenvalue weighted by Crippen LogP contribution is 2.22. The van der Waals surface area contributed by atoms with Crippen LogP contribution in [0.2, 0.25) is 0 Å². The van der Waals surface area contributed by atoms with Crippen molar-refractivity contribution >= 4 is 11.6 Å². The van der Waals surface area contributed by atoms with Gasteiger partial charge in [0.2, 0.25) is 5.88 Å². The van der Waals surface area contributed by atoms with Gasteiger partial charge in [0.1, 0.15) is 0 Å². The predicted octanol–water partition coefficient (Wildman–Crippen LogP) is 3.42. The Morgan fingerprint density at radius 1 is 1.19 bits per heavy atom. The molecule has 1 N–H and O–H groups in total. The van der Waals surface area contributed by atoms with Gasteiger partial charge in [-0.25, -0.2) is 4.68 Å². The minimum Gasteiger partial charge on any atom is -0.463 e. The molecule has 27 heavy (non-hydrogen) atoms. The fourth-order valence-electron chi connectivity index (χ4n) is 2.91. The maximum absolute atomic E-state index is 12.6. The Balaban J connectivity index is 1.72. The Kier molecular flexibility index (Phi) is 5.30. The average Bonchev–Trinajstić information content (AvgIpc) is 3.16. The van der Waals surface area contributed by atoms with Gasteiger partial charge < -0.3 is 10.1 Å². The van der Waals surface area contributed by atoms with Crippen molar-refractivity contribution < 1.29 is 9.53 Å². The first kappa shape index (κ1) is 18.7. The summed E-state index contributed by atoms with van der Waals surface area (Å²) < 4.78 is 9.43. The number of rotatable bonds is 6. The van der Waals surface area contributed by atoms with Crippen LogP contribution in [-0.4, -0.2) is 31.6 Å². The zero-order valence-corrected chi connectivity index (χ0v) is 16.4. The highest BCUT2D eigenvalue weighted by atomic mass is 16.5. The van der Waals surface area contributed by atoms with Gasteiger partial charge in [-0.15, -0.1) is 5.10 Å². The maximum atomic E-state index is 12.6. The Labute approximate surface area is 159 Å². The first-order valence-corrected chi connectivity index (χ1v) is 9.04. The number of carbonyl (C=O) groups is 1. The molecular formula is C20H25N5O2. The molecule has 0 aliphatic carbocycles. The number of benzene rings is 1. The van der Waals surface area contributed by atoms with Gasteiger partial charge in [-0.05, 0) is 46.8 Å². The van der Waals surface area contributed by atoms with E-state index in [-0.39, 0.29) is 5.91 Å². The molecule has 2 heterocycles. The van der Waals surface area contributed by atoms with Gasteiger partial charge in [0.05, 0.1) is 22.8 Å². The Hall–Kier alpha value is -3.09. The van der Waals surface area contributed by atoms with E-state index in [1.807, 2.05) is 68.9 Å². The second-order valence-corrected chi connectivity index (χ2v) is 6.51. The van der Waals surface area contributed by atoms with Crippen LogP contribution in [0.3, 0.4) is 0 Å². The second kappa shape index (κ2) is 7.65. The SMILES string of the molecule is CCn1nc(C)c(NC(=O)[C@@H](C)Oc2nn(-c3ccccc3)cc2C)c1C. The first-order valence-electron chi connectivity index (χ1n) is 9.04. The van der Waals surface area contributed by atoms with Crippen molar-refractivity contribution in [2.24, 2.45) is 0 Å². The number of para-hydroxylation sites is 1. The van der Waals surface area contributed by atoms with Gasteiger partial charge >= 0.3 is 0 Å². The topological polar surface area (TPSA) is 74.0 Å². The van der Waals surface area contributed by atoms with Gasteiger partial charge in [-0.1, -0.05) is 18.2 Å². The standard InChI is InChI=1S/C20H25N5O2/c1-6-24-15(4)18(14(3)22-24)21-19(26)16(5)27-20-13(2)12-25(23-20)17-10-8-7-9-11-17/h7-12,16H,6H2,1-5H3,(H,21,26)/t16-/m1/s1. The molecule has 0 radical (unpaired) electrons. The summed E-state index contributed by atoms with van der Waals surface area (Å²) in [4.78, 5) is 12.6. The monoisotopic (exact) mass is 367 g/mol. The number of aryl methyl sites for hydroxylation is 3. The molecule has 2 aromatic heterocycles. The fraction of sp³-hybridized carbons (Fsp3) is 0.350. The van der Waals surface area contributed by atoms with Crippen molar-refractivity contribution in [2.45, 2.75) is 47.3 Å². The van der Waals surface area contributed by atoms with Crippen LogP contribution >= 0.6 is 0 Å². The number of hydrogen-bond donors (Lipinski definition) is 1. The lowest BCUT2D eigenvalue weighted by molar-refractivity contribution is -0.122. The van der Waals surface area contributed by atoms with Crippen LogP contribution in [0.25, 0.3) is 5.69 Å². The molecule has 7 heteroatoms. The predicted molar refractivity (Wildman–Crippen MR) is 104 cm³/mol. The molecule has 3 rings (SSSR count). The van der Waals surface area contributed by atoms with E-state index in [1.54, 1.807) is 11.6 Å². The number of anilines is 1. The molecule has 0 fully saturated rings. The Morgan fingerprint density at radius 3 is 2.52 bits per heavy atom. The smallest absolute Gasteiger partial charge is 0.265 e. The van der Waals surface area contributed by atoms with Crippen molar-refractivity contribution in [3.63, 3.8) is 0 Å². The van der Waals surface area contributed by atoms with E-state index in [1.165, 1.54) is 0 Å². The van der Waals surface area contributed by atoms with Gasteiger partial charge in [0.15, 0.2) is 6.10 Å². The summed E-state index contributed by atoms with van der Waals surface area (Å²) in [6, 6.07) is 9.77. The minimum absolute atomic E-state index is 0.231. The van der Waals surface area contributed by atoms with E-state index >= 15 is 0 Å². The summed E-state index contributed by atoms with van der Waals surface area (Å²) in [5.74, 6) is 0.213. The number of amides is 1. The molecule has 3 aromatic rings. The number of ether oxygens (including phenoxy) is 1. The third-order valence-electron chi connectivity index (χ3n) is 4.46. The molecule has 0 bridgehead atoms. The molecule has 1 amide bonds. The molecule has 0 saturated carbocycles. The Morgan fingerprint density at radius 2 is 1.89 bits per heavy atom. The van der Waals surface area contributed by atoms with Crippen molar-refractivity contribution in [3.05, 3.63) is 53.5 Å².